The van der Waals surface area contributed by atoms with Crippen molar-refractivity contribution in [2.75, 3.05) is 5.73 Å². The fourth-order valence-corrected chi connectivity index (χ4v) is 1.62. The van der Waals surface area contributed by atoms with Crippen molar-refractivity contribution in [3.8, 4) is 17.2 Å². The van der Waals surface area contributed by atoms with Crippen LogP contribution in [0.25, 0.3) is 0 Å². The fourth-order valence-electron chi connectivity index (χ4n) is 1.62. The molecule has 4 radical (unpaired) electrons. The summed E-state index contributed by atoms with van der Waals surface area (Å²) in [4.78, 5) is 19.0. The van der Waals surface area contributed by atoms with Crippen molar-refractivity contribution >= 4 is 25.5 Å². The van der Waals surface area contributed by atoms with E-state index in [0.717, 1.165) is 12.1 Å². The molecule has 3 aromatic carbocycles. The topological polar surface area (TPSA) is 176 Å². The molecule has 162 valence electrons. The molecule has 3 rings (SSSR count). The summed E-state index contributed by atoms with van der Waals surface area (Å²) in [5.74, 6) is 0.0652. The molecule has 14 heteroatoms. The van der Waals surface area contributed by atoms with Gasteiger partial charge in [0.15, 0.2) is 0 Å². The number of phenolic OH excluding ortho intramolecular Hbond substituents is 2. The number of nitro groups is 2. The number of nitrogen functional groups attached to an aromatic ring is 1. The first-order chi connectivity index (χ1) is 13.2. The van der Waals surface area contributed by atoms with Gasteiger partial charge in [-0.1, -0.05) is 12.1 Å². The third kappa shape index (κ3) is 16.1. The Labute approximate surface area is 247 Å². The van der Waals surface area contributed by atoms with E-state index in [-0.39, 0.29) is 120 Å². The Morgan fingerprint density at radius 1 is 0.688 bits per heavy atom. The first-order valence-corrected chi connectivity index (χ1v) is 7.58. The number of nitro benzene ring substituents is 2. The van der Waals surface area contributed by atoms with Gasteiger partial charge in [-0.15, -0.1) is 5.75 Å². The standard InChI is InChI=1S/2C6H5NO3.C6H7NO.Au.B.2Na.H/c2*8-6-3-1-5(2-4-6)7(9)10;7-5-1-3-6(8)4-2-5;;;;;/h2*1-4,8H;1-4,8H,7H2;;;;;/q;;;;;2*+1;-1/p-1. The summed E-state index contributed by atoms with van der Waals surface area (Å²) in [6.07, 6.45) is 0. The third-order valence-electron chi connectivity index (χ3n) is 3.00. The summed E-state index contributed by atoms with van der Waals surface area (Å²) >= 11 is 0. The largest absolute Gasteiger partial charge is 1.00 e. The Balaban J connectivity index is -0.000000111. The van der Waals surface area contributed by atoms with Crippen molar-refractivity contribution in [3.05, 3.63) is 93.0 Å². The molecule has 0 saturated heterocycles. The zero-order valence-corrected chi connectivity index (χ0v) is 23.4. The molecule has 0 aliphatic carbocycles. The molecule has 32 heavy (non-hydrogen) atoms. The average Bonchev–Trinajstić information content (AvgIpc) is 2.66. The molecule has 0 heterocycles. The molecule has 0 spiro atoms. The molecule has 0 unspecified atom stereocenters. The van der Waals surface area contributed by atoms with Crippen LogP contribution in [0.4, 0.5) is 17.1 Å². The number of nitrogens with zero attached hydrogens (tertiary/aromatic N) is 2. The van der Waals surface area contributed by atoms with Gasteiger partial charge in [-0.3, -0.25) is 20.2 Å². The Morgan fingerprint density at radius 3 is 1.25 bits per heavy atom. The van der Waals surface area contributed by atoms with Crippen molar-refractivity contribution in [1.82, 2.24) is 0 Å². The zero-order valence-electron chi connectivity index (χ0n) is 18.2. The summed E-state index contributed by atoms with van der Waals surface area (Å²) in [6, 6.07) is 16.1. The van der Waals surface area contributed by atoms with Crippen LogP contribution < -0.4 is 70.0 Å². The Bertz CT molecular complexity index is 849. The van der Waals surface area contributed by atoms with Crippen LogP contribution in [0.15, 0.2) is 72.8 Å². The predicted octanol–water partition coefficient (Wildman–Crippen LogP) is -3.32. The van der Waals surface area contributed by atoms with Crippen molar-refractivity contribution in [2.45, 2.75) is 0 Å². The van der Waals surface area contributed by atoms with Gasteiger partial charge in [0.2, 0.25) is 0 Å². The van der Waals surface area contributed by atoms with Gasteiger partial charge in [0, 0.05) is 60.7 Å². The molecule has 10 nitrogen and oxygen atoms in total. The van der Waals surface area contributed by atoms with Gasteiger partial charge in [0.25, 0.3) is 11.4 Å². The number of aromatic hydroxyl groups is 2. The second kappa shape index (κ2) is 20.1. The number of hydrogen-bond acceptors (Lipinski definition) is 8. The molecule has 3 aromatic rings. The van der Waals surface area contributed by atoms with Gasteiger partial charge >= 0.3 is 59.1 Å². The van der Waals surface area contributed by atoms with E-state index in [1.807, 2.05) is 0 Å². The van der Waals surface area contributed by atoms with Crippen molar-refractivity contribution < 1.29 is 108 Å². The minimum Gasteiger partial charge on any atom is -1.00 e. The number of hydrogen-bond donors (Lipinski definition) is 3. The zero-order chi connectivity index (χ0) is 21.1. The number of nitrogens with two attached hydrogens (primary N) is 1. The number of anilines is 1. The fraction of sp³-hybridized carbons (Fsp3) is 0. The van der Waals surface area contributed by atoms with Crippen LogP contribution in [0.2, 0.25) is 0 Å². The molecule has 0 saturated carbocycles. The summed E-state index contributed by atoms with van der Waals surface area (Å²) in [5.41, 5.74) is 5.91. The Kier molecular flexibility index (Phi) is 23.7. The smallest absolute Gasteiger partial charge is 1.00 e. The second-order valence-corrected chi connectivity index (χ2v) is 5.12. The van der Waals surface area contributed by atoms with Gasteiger partial charge in [0.1, 0.15) is 11.5 Å². The summed E-state index contributed by atoms with van der Waals surface area (Å²) < 4.78 is 0. The predicted molar refractivity (Wildman–Crippen MR) is 107 cm³/mol. The van der Waals surface area contributed by atoms with Crippen molar-refractivity contribution in [3.63, 3.8) is 0 Å². The van der Waals surface area contributed by atoms with E-state index < -0.39 is 9.85 Å². The molecular weight excluding hydrogens is 624 g/mol. The van der Waals surface area contributed by atoms with Crippen LogP contribution in [0.1, 0.15) is 1.43 Å². The summed E-state index contributed by atoms with van der Waals surface area (Å²) in [5, 5.41) is 47.9. The normalized spacial score (nSPS) is 8.00. The van der Waals surface area contributed by atoms with Crippen molar-refractivity contribution in [1.29, 1.82) is 0 Å². The Hall–Kier alpha value is -1.53. The van der Waals surface area contributed by atoms with E-state index in [2.05, 4.69) is 0 Å². The van der Waals surface area contributed by atoms with Crippen LogP contribution in [-0.4, -0.2) is 28.5 Å². The van der Waals surface area contributed by atoms with Gasteiger partial charge < -0.3 is 22.5 Å². The van der Waals surface area contributed by atoms with Gasteiger partial charge in [-0.05, 0) is 36.4 Å². The van der Waals surface area contributed by atoms with Gasteiger partial charge in [0.05, 0.1) is 9.85 Å². The maximum Gasteiger partial charge on any atom is 1.00 e. The minimum atomic E-state index is -0.542. The van der Waals surface area contributed by atoms with Crippen LogP contribution in [0.5, 0.6) is 17.2 Å². The van der Waals surface area contributed by atoms with E-state index in [0.29, 0.717) is 5.69 Å². The quantitative estimate of drug-likeness (QED) is 0.0857. The molecule has 0 fully saturated rings. The van der Waals surface area contributed by atoms with E-state index in [4.69, 9.17) is 15.9 Å². The van der Waals surface area contributed by atoms with Crippen molar-refractivity contribution in [2.24, 2.45) is 0 Å². The Morgan fingerprint density at radius 2 is 0.969 bits per heavy atom. The second-order valence-electron chi connectivity index (χ2n) is 5.12. The maximum atomic E-state index is 10.4. The monoisotopic (exact) mass is 641 g/mol. The van der Waals surface area contributed by atoms with Gasteiger partial charge in [-0.2, -0.15) is 0 Å². The van der Waals surface area contributed by atoms with E-state index in [9.17, 15) is 25.3 Å². The molecule has 0 amide bonds. The summed E-state index contributed by atoms with van der Waals surface area (Å²) in [6.45, 7) is 0. The molecule has 0 aliphatic heterocycles. The number of non-ortho nitro benzene ring substituents is 2. The van der Waals surface area contributed by atoms with E-state index >= 15 is 0 Å². The molecule has 0 aromatic heterocycles. The summed E-state index contributed by atoms with van der Waals surface area (Å²) in [7, 11) is 0. The maximum absolute atomic E-state index is 10.4. The molecule has 0 atom stereocenters. The molecule has 4 N–H and O–H groups in total. The first-order valence-electron chi connectivity index (χ1n) is 7.58. The van der Waals surface area contributed by atoms with Crippen LogP contribution in [0.3, 0.4) is 0 Å². The van der Waals surface area contributed by atoms with E-state index in [1.165, 1.54) is 36.4 Å². The van der Waals surface area contributed by atoms with E-state index in [1.54, 1.807) is 24.3 Å². The number of phenols is 2. The SMILES string of the molecule is Nc1ccc(O)cc1.O=[N+]([O-])c1ccc(O)cc1.O=[N+]([O-])c1ccc([O-])cc1.[Au].[B].[H-].[Na+].[Na+]. The average molecular weight is 641 g/mol. The minimum absolute atomic E-state index is 0. The number of rotatable bonds is 2. The number of benzene rings is 3. The van der Waals surface area contributed by atoms with Crippen LogP contribution in [0, 0.1) is 20.2 Å². The molecule has 0 aliphatic rings. The molecular formula is C18H17AuBN3Na2O7. The third-order valence-corrected chi connectivity index (χ3v) is 3.00. The van der Waals surface area contributed by atoms with Crippen LogP contribution in [-0.2, 0) is 22.4 Å². The van der Waals surface area contributed by atoms with Gasteiger partial charge in [-0.25, -0.2) is 0 Å². The van der Waals surface area contributed by atoms with Crippen LogP contribution >= 0.6 is 0 Å². The first kappa shape index (κ1) is 37.8. The molecule has 0 bridgehead atoms.